The van der Waals surface area contributed by atoms with Gasteiger partial charge in [-0.1, -0.05) is 0 Å². The first-order valence-electron chi connectivity index (χ1n) is 4.86. The van der Waals surface area contributed by atoms with E-state index in [0.29, 0.717) is 6.42 Å². The summed E-state index contributed by atoms with van der Waals surface area (Å²) in [6.07, 6.45) is 1.56. The Morgan fingerprint density at radius 1 is 1.53 bits per heavy atom. The molecule has 2 rings (SSSR count). The number of Topliss-reactive ketones (excluding diaryl/α,β-unsaturated/α-hetero) is 1. The fraction of sp³-hybridized carbons (Fsp3) is 0.455. The molecule has 0 amide bonds. The number of pyridine rings is 1. The van der Waals surface area contributed by atoms with Crippen LogP contribution in [0.5, 0.6) is 5.75 Å². The maximum Gasteiger partial charge on any atom is 0.169 e. The average molecular weight is 207 g/mol. The SMILES string of the molecule is COC1C(=O)CC1Oc1cccnc1C. The van der Waals surface area contributed by atoms with Crippen molar-refractivity contribution >= 4 is 5.78 Å². The van der Waals surface area contributed by atoms with Crippen molar-refractivity contribution in [2.24, 2.45) is 0 Å². The standard InChI is InChI=1S/C11H13NO3/c1-7-9(4-3-5-12-7)15-10-6-8(13)11(10)14-2/h3-5,10-11H,6H2,1-2H3. The highest BCUT2D eigenvalue weighted by Crippen LogP contribution is 2.26. The first-order valence-corrected chi connectivity index (χ1v) is 4.86. The van der Waals surface area contributed by atoms with Crippen LogP contribution in [-0.4, -0.2) is 30.1 Å². The van der Waals surface area contributed by atoms with E-state index in [2.05, 4.69) is 4.98 Å². The van der Waals surface area contributed by atoms with Crippen molar-refractivity contribution in [1.82, 2.24) is 4.98 Å². The van der Waals surface area contributed by atoms with Gasteiger partial charge in [-0.3, -0.25) is 9.78 Å². The molecule has 1 heterocycles. The summed E-state index contributed by atoms with van der Waals surface area (Å²) in [7, 11) is 1.52. The second-order valence-electron chi connectivity index (χ2n) is 3.57. The van der Waals surface area contributed by atoms with Crippen molar-refractivity contribution in [3.8, 4) is 5.75 Å². The van der Waals surface area contributed by atoms with Crippen LogP contribution in [0.25, 0.3) is 0 Å². The fourth-order valence-electron chi connectivity index (χ4n) is 1.61. The van der Waals surface area contributed by atoms with Gasteiger partial charge in [0.05, 0.1) is 5.69 Å². The second-order valence-corrected chi connectivity index (χ2v) is 3.57. The Labute approximate surface area is 88.2 Å². The summed E-state index contributed by atoms with van der Waals surface area (Å²) in [6.45, 7) is 1.87. The number of aromatic nitrogens is 1. The Bertz CT molecular complexity index is 378. The van der Waals surface area contributed by atoms with Gasteiger partial charge in [0.25, 0.3) is 0 Å². The Morgan fingerprint density at radius 3 is 2.93 bits per heavy atom. The quantitative estimate of drug-likeness (QED) is 0.745. The molecule has 15 heavy (non-hydrogen) atoms. The molecule has 1 saturated carbocycles. The average Bonchev–Trinajstić information content (AvgIpc) is 2.20. The van der Waals surface area contributed by atoms with Gasteiger partial charge < -0.3 is 9.47 Å². The molecule has 1 aromatic rings. The van der Waals surface area contributed by atoms with E-state index in [1.54, 1.807) is 6.20 Å². The molecule has 4 nitrogen and oxygen atoms in total. The van der Waals surface area contributed by atoms with Gasteiger partial charge in [0.2, 0.25) is 0 Å². The molecule has 1 aliphatic carbocycles. The van der Waals surface area contributed by atoms with Crippen LogP contribution in [0.4, 0.5) is 0 Å². The van der Waals surface area contributed by atoms with Gasteiger partial charge in [-0.25, -0.2) is 0 Å². The maximum absolute atomic E-state index is 11.1. The van der Waals surface area contributed by atoms with E-state index in [-0.39, 0.29) is 11.9 Å². The van der Waals surface area contributed by atoms with Crippen molar-refractivity contribution in [2.75, 3.05) is 7.11 Å². The minimum atomic E-state index is -0.412. The number of ketones is 1. The number of methoxy groups -OCH3 is 1. The van der Waals surface area contributed by atoms with E-state index in [1.165, 1.54) is 7.11 Å². The summed E-state index contributed by atoms with van der Waals surface area (Å²) in [5, 5.41) is 0. The van der Waals surface area contributed by atoms with E-state index in [9.17, 15) is 4.79 Å². The molecule has 1 aliphatic rings. The lowest BCUT2D eigenvalue weighted by molar-refractivity contribution is -0.151. The van der Waals surface area contributed by atoms with Gasteiger partial charge in [0, 0.05) is 19.7 Å². The molecule has 1 aromatic heterocycles. The maximum atomic E-state index is 11.1. The molecule has 2 unspecified atom stereocenters. The number of hydrogen-bond acceptors (Lipinski definition) is 4. The molecule has 0 aromatic carbocycles. The summed E-state index contributed by atoms with van der Waals surface area (Å²) in [4.78, 5) is 15.2. The first-order chi connectivity index (χ1) is 7.22. The van der Waals surface area contributed by atoms with E-state index in [4.69, 9.17) is 9.47 Å². The number of rotatable bonds is 3. The van der Waals surface area contributed by atoms with Crippen molar-refractivity contribution in [3.63, 3.8) is 0 Å². The number of carbonyl (C=O) groups is 1. The molecule has 2 atom stereocenters. The molecular formula is C11H13NO3. The Balaban J connectivity index is 2.04. The summed E-state index contributed by atoms with van der Waals surface area (Å²) in [5.74, 6) is 0.820. The highest BCUT2D eigenvalue weighted by atomic mass is 16.5. The van der Waals surface area contributed by atoms with Gasteiger partial charge >= 0.3 is 0 Å². The number of carbonyl (C=O) groups excluding carboxylic acids is 1. The van der Waals surface area contributed by atoms with Gasteiger partial charge in [0.1, 0.15) is 11.9 Å². The Kier molecular flexibility index (Phi) is 2.68. The number of nitrogens with zero attached hydrogens (tertiary/aromatic N) is 1. The van der Waals surface area contributed by atoms with Crippen LogP contribution in [0.2, 0.25) is 0 Å². The van der Waals surface area contributed by atoms with E-state index in [0.717, 1.165) is 11.4 Å². The van der Waals surface area contributed by atoms with Gasteiger partial charge in [-0.2, -0.15) is 0 Å². The molecule has 0 aliphatic heterocycles. The zero-order valence-electron chi connectivity index (χ0n) is 8.77. The molecule has 0 N–H and O–H groups in total. The van der Waals surface area contributed by atoms with Crippen LogP contribution in [0.3, 0.4) is 0 Å². The van der Waals surface area contributed by atoms with Crippen molar-refractivity contribution in [1.29, 1.82) is 0 Å². The third kappa shape index (κ3) is 1.85. The minimum Gasteiger partial charge on any atom is -0.485 e. The predicted molar refractivity (Wildman–Crippen MR) is 53.8 cm³/mol. The first kappa shape index (κ1) is 10.1. The van der Waals surface area contributed by atoms with Gasteiger partial charge in [0.15, 0.2) is 11.9 Å². The lowest BCUT2D eigenvalue weighted by Gasteiger charge is -2.33. The Morgan fingerprint density at radius 2 is 2.33 bits per heavy atom. The van der Waals surface area contributed by atoms with Crippen molar-refractivity contribution in [2.45, 2.75) is 25.6 Å². The zero-order chi connectivity index (χ0) is 10.8. The smallest absolute Gasteiger partial charge is 0.169 e. The molecule has 0 radical (unpaired) electrons. The lowest BCUT2D eigenvalue weighted by Crippen LogP contribution is -2.51. The zero-order valence-corrected chi connectivity index (χ0v) is 8.77. The summed E-state index contributed by atoms with van der Waals surface area (Å²) < 4.78 is 10.7. The van der Waals surface area contributed by atoms with Gasteiger partial charge in [-0.05, 0) is 19.1 Å². The van der Waals surface area contributed by atoms with Gasteiger partial charge in [-0.15, -0.1) is 0 Å². The summed E-state index contributed by atoms with van der Waals surface area (Å²) in [6, 6.07) is 3.66. The molecule has 1 fully saturated rings. The normalized spacial score (nSPS) is 24.8. The second kappa shape index (κ2) is 3.98. The largest absolute Gasteiger partial charge is 0.485 e. The number of aryl methyl sites for hydroxylation is 1. The van der Waals surface area contributed by atoms with Crippen molar-refractivity contribution < 1.29 is 14.3 Å². The van der Waals surface area contributed by atoms with Crippen LogP contribution in [0, 0.1) is 6.92 Å². The van der Waals surface area contributed by atoms with E-state index >= 15 is 0 Å². The van der Waals surface area contributed by atoms with Crippen LogP contribution in [0.1, 0.15) is 12.1 Å². The molecule has 80 valence electrons. The van der Waals surface area contributed by atoms with Crippen LogP contribution in [-0.2, 0) is 9.53 Å². The number of hydrogen-bond donors (Lipinski definition) is 0. The summed E-state index contributed by atoms with van der Waals surface area (Å²) >= 11 is 0. The summed E-state index contributed by atoms with van der Waals surface area (Å²) in [5.41, 5.74) is 0.826. The van der Waals surface area contributed by atoms with E-state index < -0.39 is 6.10 Å². The van der Waals surface area contributed by atoms with Crippen LogP contribution in [0.15, 0.2) is 18.3 Å². The molecule has 0 saturated heterocycles. The topological polar surface area (TPSA) is 48.4 Å². The highest BCUT2D eigenvalue weighted by Gasteiger charge is 2.42. The van der Waals surface area contributed by atoms with E-state index in [1.807, 2.05) is 19.1 Å². The third-order valence-electron chi connectivity index (χ3n) is 2.55. The minimum absolute atomic E-state index is 0.101. The van der Waals surface area contributed by atoms with Crippen molar-refractivity contribution in [3.05, 3.63) is 24.0 Å². The third-order valence-corrected chi connectivity index (χ3v) is 2.55. The van der Waals surface area contributed by atoms with Crippen LogP contribution >= 0.6 is 0 Å². The molecular weight excluding hydrogens is 194 g/mol. The molecule has 0 bridgehead atoms. The lowest BCUT2D eigenvalue weighted by atomic mass is 9.90. The van der Waals surface area contributed by atoms with Crippen LogP contribution < -0.4 is 4.74 Å². The molecule has 4 heteroatoms. The number of ether oxygens (including phenoxy) is 2. The Hall–Kier alpha value is -1.42. The molecule has 0 spiro atoms. The highest BCUT2D eigenvalue weighted by molar-refractivity contribution is 5.90. The fourth-order valence-corrected chi connectivity index (χ4v) is 1.61. The predicted octanol–water partition coefficient (Wildman–Crippen LogP) is 1.13. The monoisotopic (exact) mass is 207 g/mol.